The number of rotatable bonds is 7. The van der Waals surface area contributed by atoms with Crippen molar-refractivity contribution in [1.82, 2.24) is 14.8 Å². The van der Waals surface area contributed by atoms with E-state index >= 15 is 0 Å². The standard InChI is InChI=1S/C23H17Cl3N4O4S/c24-16-9-19(26)22(27-11-16)29(35(33,34)21-6-2-14(23(31)32)8-18(21)25)12-13-1-5-20-15(7-13)10-28-30(20)17-3-4-17/h1-2,5-11,17H,3-4,12H2,(H,31,32). The fourth-order valence-corrected chi connectivity index (χ4v) is 6.28. The van der Waals surface area contributed by atoms with E-state index in [9.17, 15) is 18.3 Å². The normalized spacial score (nSPS) is 13.8. The summed E-state index contributed by atoms with van der Waals surface area (Å²) in [6.45, 7) is -0.113. The number of aromatic carboxylic acids is 1. The number of halogens is 3. The Labute approximate surface area is 215 Å². The van der Waals surface area contributed by atoms with Crippen molar-refractivity contribution in [2.75, 3.05) is 4.31 Å². The van der Waals surface area contributed by atoms with Crippen molar-refractivity contribution in [2.45, 2.75) is 30.3 Å². The van der Waals surface area contributed by atoms with Crippen LogP contribution in [0.1, 0.15) is 34.8 Å². The van der Waals surface area contributed by atoms with E-state index in [0.29, 0.717) is 11.6 Å². The molecule has 8 nitrogen and oxygen atoms in total. The Balaban J connectivity index is 1.59. The van der Waals surface area contributed by atoms with E-state index in [2.05, 4.69) is 10.1 Å². The third-order valence-corrected chi connectivity index (χ3v) is 8.35. The zero-order valence-corrected chi connectivity index (χ0v) is 21.0. The predicted octanol–water partition coefficient (Wildman–Crippen LogP) is 5.82. The molecule has 2 heterocycles. The molecule has 1 fully saturated rings. The lowest BCUT2D eigenvalue weighted by Crippen LogP contribution is -2.32. The molecular formula is C23H17Cl3N4O4S. The van der Waals surface area contributed by atoms with E-state index < -0.39 is 16.0 Å². The quantitative estimate of drug-likeness (QED) is 0.310. The molecule has 0 aliphatic heterocycles. The lowest BCUT2D eigenvalue weighted by molar-refractivity contribution is 0.0696. The molecular weight excluding hydrogens is 535 g/mol. The van der Waals surface area contributed by atoms with Gasteiger partial charge in [-0.2, -0.15) is 5.10 Å². The van der Waals surface area contributed by atoms with Crippen molar-refractivity contribution in [3.8, 4) is 0 Å². The zero-order chi connectivity index (χ0) is 24.9. The third-order valence-electron chi connectivity index (χ3n) is 5.65. The van der Waals surface area contributed by atoms with Gasteiger partial charge in [0.25, 0.3) is 10.0 Å². The van der Waals surface area contributed by atoms with Crippen LogP contribution >= 0.6 is 34.8 Å². The van der Waals surface area contributed by atoms with Gasteiger partial charge in [0.05, 0.1) is 44.9 Å². The highest BCUT2D eigenvalue weighted by atomic mass is 35.5. The second kappa shape index (κ2) is 8.98. The van der Waals surface area contributed by atoms with Gasteiger partial charge in [-0.05, 0) is 54.8 Å². The number of nitrogens with zero attached hydrogens (tertiary/aromatic N) is 4. The van der Waals surface area contributed by atoms with Crippen molar-refractivity contribution in [1.29, 1.82) is 0 Å². The monoisotopic (exact) mass is 550 g/mol. The van der Waals surface area contributed by atoms with Gasteiger partial charge in [0.15, 0.2) is 5.82 Å². The molecule has 0 atom stereocenters. The molecule has 0 spiro atoms. The van der Waals surface area contributed by atoms with Gasteiger partial charge in [-0.25, -0.2) is 22.5 Å². The molecule has 35 heavy (non-hydrogen) atoms. The van der Waals surface area contributed by atoms with Crippen molar-refractivity contribution in [3.05, 3.63) is 81.1 Å². The first-order chi connectivity index (χ1) is 16.6. The highest BCUT2D eigenvalue weighted by Gasteiger charge is 2.31. The summed E-state index contributed by atoms with van der Waals surface area (Å²) in [5.74, 6) is -1.27. The van der Waals surface area contributed by atoms with Crippen LogP contribution in [0.2, 0.25) is 15.1 Å². The molecule has 4 aromatic rings. The van der Waals surface area contributed by atoms with Crippen LogP contribution in [0.5, 0.6) is 0 Å². The lowest BCUT2D eigenvalue weighted by atomic mass is 10.1. The molecule has 0 amide bonds. The van der Waals surface area contributed by atoms with E-state index in [1.54, 1.807) is 6.20 Å². The van der Waals surface area contributed by atoms with Crippen molar-refractivity contribution in [2.24, 2.45) is 0 Å². The lowest BCUT2D eigenvalue weighted by Gasteiger charge is -2.25. The smallest absolute Gasteiger partial charge is 0.335 e. The summed E-state index contributed by atoms with van der Waals surface area (Å²) < 4.78 is 30.6. The number of carbonyl (C=O) groups is 1. The Morgan fingerprint density at radius 3 is 2.49 bits per heavy atom. The van der Waals surface area contributed by atoms with E-state index in [1.165, 1.54) is 18.3 Å². The summed E-state index contributed by atoms with van der Waals surface area (Å²) in [6.07, 6.45) is 5.23. The van der Waals surface area contributed by atoms with E-state index in [1.807, 2.05) is 22.9 Å². The van der Waals surface area contributed by atoms with Crippen LogP contribution in [0.15, 0.2) is 59.8 Å². The van der Waals surface area contributed by atoms with Gasteiger partial charge in [-0.15, -0.1) is 0 Å². The molecule has 2 aromatic carbocycles. The highest BCUT2D eigenvalue weighted by Crippen LogP contribution is 2.38. The summed E-state index contributed by atoms with van der Waals surface area (Å²) in [5, 5.41) is 14.6. The van der Waals surface area contributed by atoms with E-state index in [4.69, 9.17) is 34.8 Å². The number of pyridine rings is 1. The largest absolute Gasteiger partial charge is 0.478 e. The summed E-state index contributed by atoms with van der Waals surface area (Å²) in [4.78, 5) is 15.2. The number of fused-ring (bicyclic) bond motifs is 1. The highest BCUT2D eigenvalue weighted by molar-refractivity contribution is 7.93. The molecule has 1 N–H and O–H groups in total. The van der Waals surface area contributed by atoms with Crippen LogP contribution in [0, 0.1) is 0 Å². The third kappa shape index (κ3) is 4.56. The average Bonchev–Trinajstić information content (AvgIpc) is 3.56. The fourth-order valence-electron chi connectivity index (χ4n) is 3.80. The second-order valence-corrected chi connectivity index (χ2v) is 11.2. The van der Waals surface area contributed by atoms with Gasteiger partial charge in [0, 0.05) is 11.6 Å². The number of hydrogen-bond donors (Lipinski definition) is 1. The van der Waals surface area contributed by atoms with Gasteiger partial charge < -0.3 is 5.11 Å². The van der Waals surface area contributed by atoms with Crippen LogP contribution in [-0.4, -0.2) is 34.3 Å². The second-order valence-electron chi connectivity index (χ2n) is 8.13. The molecule has 1 aliphatic carbocycles. The predicted molar refractivity (Wildman–Crippen MR) is 134 cm³/mol. The Hall–Kier alpha value is -2.85. The SMILES string of the molecule is O=C(O)c1ccc(S(=O)(=O)N(Cc2ccc3c(cnn3C3CC3)c2)c2ncc(Cl)cc2Cl)c(Cl)c1. The Bertz CT molecular complexity index is 1590. The maximum atomic E-state index is 13.8. The molecule has 0 bridgehead atoms. The van der Waals surface area contributed by atoms with Gasteiger partial charge in [-0.1, -0.05) is 40.9 Å². The van der Waals surface area contributed by atoms with Crippen LogP contribution in [0.25, 0.3) is 10.9 Å². The Morgan fingerprint density at radius 1 is 1.06 bits per heavy atom. The molecule has 0 unspecified atom stereocenters. The number of carboxylic acid groups (broad SMARTS) is 1. The van der Waals surface area contributed by atoms with Gasteiger partial charge >= 0.3 is 5.97 Å². The first-order valence-electron chi connectivity index (χ1n) is 10.5. The molecule has 12 heteroatoms. The maximum absolute atomic E-state index is 13.8. The molecule has 5 rings (SSSR count). The molecule has 1 aliphatic rings. The minimum Gasteiger partial charge on any atom is -0.478 e. The number of sulfonamides is 1. The van der Waals surface area contributed by atoms with Gasteiger partial charge in [0.1, 0.15) is 4.90 Å². The zero-order valence-electron chi connectivity index (χ0n) is 17.9. The van der Waals surface area contributed by atoms with Gasteiger partial charge in [0.2, 0.25) is 0 Å². The number of aromatic nitrogens is 3. The Morgan fingerprint density at radius 2 is 1.83 bits per heavy atom. The number of anilines is 1. The van der Waals surface area contributed by atoms with E-state index in [-0.39, 0.29) is 37.9 Å². The molecule has 1 saturated carbocycles. The van der Waals surface area contributed by atoms with Crippen LogP contribution < -0.4 is 4.31 Å². The van der Waals surface area contributed by atoms with Crippen molar-refractivity contribution >= 4 is 67.5 Å². The molecule has 180 valence electrons. The fraction of sp³-hybridized carbons (Fsp3) is 0.174. The first kappa shape index (κ1) is 23.9. The minimum atomic E-state index is -4.31. The summed E-state index contributed by atoms with van der Waals surface area (Å²) in [6, 6.07) is 10.8. The molecule has 0 radical (unpaired) electrons. The first-order valence-corrected chi connectivity index (χ1v) is 13.1. The van der Waals surface area contributed by atoms with Crippen molar-refractivity contribution in [3.63, 3.8) is 0 Å². The summed E-state index contributed by atoms with van der Waals surface area (Å²) >= 11 is 18.6. The number of hydrogen-bond acceptors (Lipinski definition) is 5. The summed E-state index contributed by atoms with van der Waals surface area (Å²) in [5.41, 5.74) is 1.50. The van der Waals surface area contributed by atoms with Crippen LogP contribution in [-0.2, 0) is 16.6 Å². The minimum absolute atomic E-state index is 0.0296. The summed E-state index contributed by atoms with van der Waals surface area (Å²) in [7, 11) is -4.31. The Kier molecular flexibility index (Phi) is 6.13. The van der Waals surface area contributed by atoms with Crippen LogP contribution in [0.3, 0.4) is 0 Å². The van der Waals surface area contributed by atoms with E-state index in [0.717, 1.165) is 40.2 Å². The number of benzene rings is 2. The van der Waals surface area contributed by atoms with Crippen molar-refractivity contribution < 1.29 is 18.3 Å². The maximum Gasteiger partial charge on any atom is 0.335 e. The molecule has 0 saturated heterocycles. The average molecular weight is 552 g/mol. The topological polar surface area (TPSA) is 105 Å². The molecule has 2 aromatic heterocycles. The van der Waals surface area contributed by atoms with Gasteiger partial charge in [-0.3, -0.25) is 4.68 Å². The van der Waals surface area contributed by atoms with Crippen LogP contribution in [0.4, 0.5) is 5.82 Å². The number of carboxylic acids is 1.